The summed E-state index contributed by atoms with van der Waals surface area (Å²) >= 11 is 0. The van der Waals surface area contributed by atoms with Gasteiger partial charge in [0, 0.05) is 12.1 Å². The summed E-state index contributed by atoms with van der Waals surface area (Å²) in [7, 11) is 1.93. The maximum atomic E-state index is 5.64. The highest BCUT2D eigenvalue weighted by atomic mass is 16.5. The van der Waals surface area contributed by atoms with E-state index in [1.807, 2.05) is 32.2 Å². The molecule has 0 amide bonds. The predicted octanol–water partition coefficient (Wildman–Crippen LogP) is 3.02. The third kappa shape index (κ3) is 3.45. The predicted molar refractivity (Wildman–Crippen MR) is 71.1 cm³/mol. The van der Waals surface area contributed by atoms with Crippen molar-refractivity contribution >= 4 is 0 Å². The first-order valence-electron chi connectivity index (χ1n) is 6.14. The van der Waals surface area contributed by atoms with E-state index in [1.165, 1.54) is 11.1 Å². The number of aryl methyl sites for hydroxylation is 1. The summed E-state index contributed by atoms with van der Waals surface area (Å²) in [5.74, 6) is 1.84. The average molecular weight is 245 g/mol. The van der Waals surface area contributed by atoms with E-state index >= 15 is 0 Å². The molecule has 0 unspecified atom stereocenters. The molecule has 0 aliphatic carbocycles. The molecule has 0 aliphatic heterocycles. The smallest absolute Gasteiger partial charge is 0.130 e. The summed E-state index contributed by atoms with van der Waals surface area (Å²) in [5.41, 5.74) is 2.37. The minimum Gasteiger partial charge on any atom is -0.464 e. The Morgan fingerprint density at radius 3 is 2.67 bits per heavy atom. The number of ether oxygens (including phenoxy) is 1. The molecule has 2 aromatic rings. The van der Waals surface area contributed by atoms with Gasteiger partial charge in [-0.05, 0) is 25.6 Å². The fourth-order valence-corrected chi connectivity index (χ4v) is 1.87. The molecule has 3 nitrogen and oxygen atoms in total. The van der Waals surface area contributed by atoms with Gasteiger partial charge in [0.25, 0.3) is 0 Å². The summed E-state index contributed by atoms with van der Waals surface area (Å²) in [6, 6.07) is 12.2. The maximum absolute atomic E-state index is 5.64. The molecule has 0 aliphatic rings. The van der Waals surface area contributed by atoms with Gasteiger partial charge in [0.2, 0.25) is 0 Å². The SMILES string of the molecule is CNCc1cc(COCc2ccccc2)oc1C. The Morgan fingerprint density at radius 1 is 1.17 bits per heavy atom. The molecule has 0 fully saturated rings. The largest absolute Gasteiger partial charge is 0.464 e. The van der Waals surface area contributed by atoms with Crippen LogP contribution in [0.15, 0.2) is 40.8 Å². The van der Waals surface area contributed by atoms with Gasteiger partial charge in [0.1, 0.15) is 18.1 Å². The molecular weight excluding hydrogens is 226 g/mol. The lowest BCUT2D eigenvalue weighted by Crippen LogP contribution is -2.04. The van der Waals surface area contributed by atoms with Gasteiger partial charge in [0.15, 0.2) is 0 Å². The molecule has 1 heterocycles. The second-order valence-corrected chi connectivity index (χ2v) is 4.30. The van der Waals surface area contributed by atoms with Crippen molar-refractivity contribution in [2.24, 2.45) is 0 Å². The number of nitrogens with one attached hydrogen (secondary N) is 1. The van der Waals surface area contributed by atoms with Crippen molar-refractivity contribution in [1.82, 2.24) is 5.32 Å². The molecule has 96 valence electrons. The van der Waals surface area contributed by atoms with Crippen LogP contribution in [0.1, 0.15) is 22.6 Å². The highest BCUT2D eigenvalue weighted by molar-refractivity contribution is 5.20. The van der Waals surface area contributed by atoms with Crippen LogP contribution in [0.2, 0.25) is 0 Å². The lowest BCUT2D eigenvalue weighted by atomic mass is 10.2. The van der Waals surface area contributed by atoms with Crippen LogP contribution in [0.25, 0.3) is 0 Å². The average Bonchev–Trinajstić information content (AvgIpc) is 2.72. The number of furan rings is 1. The van der Waals surface area contributed by atoms with Gasteiger partial charge in [-0.3, -0.25) is 0 Å². The zero-order valence-electron chi connectivity index (χ0n) is 10.9. The first kappa shape index (κ1) is 12.9. The molecule has 0 spiro atoms. The summed E-state index contributed by atoms with van der Waals surface area (Å²) in [4.78, 5) is 0. The molecule has 0 bridgehead atoms. The van der Waals surface area contributed by atoms with Crippen LogP contribution in [0.3, 0.4) is 0 Å². The topological polar surface area (TPSA) is 34.4 Å². The Kier molecular flexibility index (Phi) is 4.56. The van der Waals surface area contributed by atoms with E-state index in [4.69, 9.17) is 9.15 Å². The molecule has 18 heavy (non-hydrogen) atoms. The normalized spacial score (nSPS) is 10.8. The molecular formula is C15H19NO2. The summed E-state index contributed by atoms with van der Waals surface area (Å²) in [6.07, 6.45) is 0. The van der Waals surface area contributed by atoms with Crippen molar-refractivity contribution in [2.45, 2.75) is 26.7 Å². The first-order chi connectivity index (χ1) is 8.79. The maximum Gasteiger partial charge on any atom is 0.130 e. The standard InChI is InChI=1S/C15H19NO2/c1-12-14(9-16-2)8-15(18-12)11-17-10-13-6-4-3-5-7-13/h3-8,16H,9-11H2,1-2H3. The Morgan fingerprint density at radius 2 is 1.94 bits per heavy atom. The lowest BCUT2D eigenvalue weighted by molar-refractivity contribution is 0.0923. The van der Waals surface area contributed by atoms with E-state index in [0.29, 0.717) is 13.2 Å². The molecule has 0 atom stereocenters. The summed E-state index contributed by atoms with van der Waals surface area (Å²) in [6.45, 7) is 3.93. The molecule has 0 saturated carbocycles. The van der Waals surface area contributed by atoms with Crippen LogP contribution in [0, 0.1) is 6.92 Å². The highest BCUT2D eigenvalue weighted by Gasteiger charge is 2.06. The Labute approximate surface area is 108 Å². The van der Waals surface area contributed by atoms with E-state index < -0.39 is 0 Å². The van der Waals surface area contributed by atoms with E-state index in [0.717, 1.165) is 18.1 Å². The van der Waals surface area contributed by atoms with Crippen LogP contribution in [0.4, 0.5) is 0 Å². The molecule has 1 aromatic heterocycles. The van der Waals surface area contributed by atoms with Crippen molar-refractivity contribution < 1.29 is 9.15 Å². The number of hydrogen-bond acceptors (Lipinski definition) is 3. The monoisotopic (exact) mass is 245 g/mol. The number of rotatable bonds is 6. The van der Waals surface area contributed by atoms with Crippen LogP contribution in [-0.4, -0.2) is 7.05 Å². The van der Waals surface area contributed by atoms with Crippen molar-refractivity contribution in [3.63, 3.8) is 0 Å². The molecule has 3 heteroatoms. The minimum atomic E-state index is 0.513. The van der Waals surface area contributed by atoms with Gasteiger partial charge in [-0.15, -0.1) is 0 Å². The fourth-order valence-electron chi connectivity index (χ4n) is 1.87. The lowest BCUT2D eigenvalue weighted by Gasteiger charge is -2.01. The van der Waals surface area contributed by atoms with Crippen LogP contribution >= 0.6 is 0 Å². The molecule has 0 saturated heterocycles. The van der Waals surface area contributed by atoms with Gasteiger partial charge in [-0.2, -0.15) is 0 Å². The van der Waals surface area contributed by atoms with E-state index in [2.05, 4.69) is 23.5 Å². The minimum absolute atomic E-state index is 0.513. The van der Waals surface area contributed by atoms with Crippen molar-refractivity contribution in [1.29, 1.82) is 0 Å². The molecule has 0 radical (unpaired) electrons. The Balaban J connectivity index is 1.85. The quantitative estimate of drug-likeness (QED) is 0.849. The number of hydrogen-bond donors (Lipinski definition) is 1. The van der Waals surface area contributed by atoms with Crippen molar-refractivity contribution in [2.75, 3.05) is 7.05 Å². The Hall–Kier alpha value is -1.58. The second kappa shape index (κ2) is 6.38. The van der Waals surface area contributed by atoms with Crippen LogP contribution in [0.5, 0.6) is 0 Å². The summed E-state index contributed by atoms with van der Waals surface area (Å²) in [5, 5.41) is 3.12. The zero-order chi connectivity index (χ0) is 12.8. The second-order valence-electron chi connectivity index (χ2n) is 4.30. The van der Waals surface area contributed by atoms with Gasteiger partial charge < -0.3 is 14.5 Å². The number of benzene rings is 1. The van der Waals surface area contributed by atoms with Gasteiger partial charge >= 0.3 is 0 Å². The molecule has 1 aromatic carbocycles. The van der Waals surface area contributed by atoms with E-state index in [9.17, 15) is 0 Å². The van der Waals surface area contributed by atoms with Crippen LogP contribution < -0.4 is 5.32 Å². The van der Waals surface area contributed by atoms with Gasteiger partial charge in [-0.25, -0.2) is 0 Å². The molecule has 1 N–H and O–H groups in total. The van der Waals surface area contributed by atoms with Gasteiger partial charge in [0.05, 0.1) is 6.61 Å². The summed E-state index contributed by atoms with van der Waals surface area (Å²) < 4.78 is 11.3. The third-order valence-electron chi connectivity index (χ3n) is 2.79. The first-order valence-corrected chi connectivity index (χ1v) is 6.14. The van der Waals surface area contributed by atoms with Gasteiger partial charge in [-0.1, -0.05) is 30.3 Å². The van der Waals surface area contributed by atoms with Crippen molar-refractivity contribution in [3.8, 4) is 0 Å². The Bertz CT molecular complexity index is 476. The molecule has 2 rings (SSSR count). The van der Waals surface area contributed by atoms with Crippen molar-refractivity contribution in [3.05, 3.63) is 59.0 Å². The third-order valence-corrected chi connectivity index (χ3v) is 2.79. The highest BCUT2D eigenvalue weighted by Crippen LogP contribution is 2.15. The van der Waals surface area contributed by atoms with E-state index in [1.54, 1.807) is 0 Å². The van der Waals surface area contributed by atoms with Crippen LogP contribution in [-0.2, 0) is 24.5 Å². The fraction of sp³-hybridized carbons (Fsp3) is 0.333. The zero-order valence-corrected chi connectivity index (χ0v) is 10.9. The van der Waals surface area contributed by atoms with E-state index in [-0.39, 0.29) is 0 Å².